The second-order valence-electron chi connectivity index (χ2n) is 8.76. The molecule has 4 rings (SSSR count). The minimum atomic E-state index is -0.0762. The van der Waals surface area contributed by atoms with E-state index in [1.54, 1.807) is 11.2 Å². The highest BCUT2D eigenvalue weighted by Gasteiger charge is 2.21. The van der Waals surface area contributed by atoms with Gasteiger partial charge in [-0.2, -0.15) is 0 Å². The Bertz CT molecular complexity index is 970. The third-order valence-corrected chi connectivity index (χ3v) is 5.56. The Morgan fingerprint density at radius 2 is 1.75 bits per heavy atom. The summed E-state index contributed by atoms with van der Waals surface area (Å²) in [6, 6.07) is 15.0. The minimum absolute atomic E-state index is 0.0762. The van der Waals surface area contributed by atoms with E-state index in [9.17, 15) is 4.79 Å². The maximum absolute atomic E-state index is 13.4. The molecule has 6 heteroatoms. The van der Waals surface area contributed by atoms with E-state index in [2.05, 4.69) is 18.7 Å². The molecule has 0 atom stereocenters. The predicted octanol–water partition coefficient (Wildman–Crippen LogP) is 5.74. The molecule has 0 bridgehead atoms. The van der Waals surface area contributed by atoms with Crippen molar-refractivity contribution < 1.29 is 18.4 Å². The van der Waals surface area contributed by atoms with Crippen molar-refractivity contribution in [1.82, 2.24) is 4.90 Å². The molecule has 0 N–H and O–H groups in total. The molecule has 1 aliphatic heterocycles. The highest BCUT2D eigenvalue weighted by molar-refractivity contribution is 5.94. The van der Waals surface area contributed by atoms with Crippen molar-refractivity contribution in [2.24, 2.45) is 5.92 Å². The van der Waals surface area contributed by atoms with Gasteiger partial charge in [-0.15, -0.1) is 0 Å². The van der Waals surface area contributed by atoms with Gasteiger partial charge in [0.05, 0.1) is 26.0 Å². The fraction of sp³-hybridized carbons (Fsp3) is 0.423. The number of benzene rings is 1. The number of nitrogens with zero attached hydrogens (tertiary/aromatic N) is 2. The minimum Gasteiger partial charge on any atom is -0.493 e. The van der Waals surface area contributed by atoms with Gasteiger partial charge in [-0.25, -0.2) is 0 Å². The van der Waals surface area contributed by atoms with Crippen LogP contribution in [0, 0.1) is 5.92 Å². The molecule has 2 aromatic heterocycles. The molecule has 3 aromatic rings. The van der Waals surface area contributed by atoms with Crippen LogP contribution in [0.4, 0.5) is 5.88 Å². The number of anilines is 1. The molecular formula is C26H32N2O4. The number of hydrogen-bond acceptors (Lipinski definition) is 5. The first-order valence-electron chi connectivity index (χ1n) is 11.5. The summed E-state index contributed by atoms with van der Waals surface area (Å²) in [5.41, 5.74) is 0.608. The van der Waals surface area contributed by atoms with Crippen molar-refractivity contribution in [3.8, 4) is 5.75 Å². The molecule has 0 spiro atoms. The molecule has 1 amide bonds. The van der Waals surface area contributed by atoms with Crippen LogP contribution >= 0.6 is 0 Å². The molecule has 32 heavy (non-hydrogen) atoms. The van der Waals surface area contributed by atoms with E-state index in [4.69, 9.17) is 13.6 Å². The van der Waals surface area contributed by atoms with E-state index < -0.39 is 0 Å². The number of rotatable bonds is 9. The predicted molar refractivity (Wildman–Crippen MR) is 124 cm³/mol. The Hall–Kier alpha value is -3.15. The summed E-state index contributed by atoms with van der Waals surface area (Å²) in [6.45, 7) is 7.65. The second kappa shape index (κ2) is 10.4. The van der Waals surface area contributed by atoms with Crippen molar-refractivity contribution >= 4 is 11.8 Å². The average molecular weight is 437 g/mol. The van der Waals surface area contributed by atoms with Gasteiger partial charge in [0.2, 0.25) is 0 Å². The van der Waals surface area contributed by atoms with Crippen LogP contribution in [-0.2, 0) is 13.1 Å². The maximum atomic E-state index is 13.4. The van der Waals surface area contributed by atoms with Gasteiger partial charge in [-0.3, -0.25) is 4.79 Å². The SMILES string of the molecule is CC(C)COc1ccc(C(=O)N(Cc2ccco2)Cc2ccc(N3CCCCC3)o2)cc1. The van der Waals surface area contributed by atoms with Gasteiger partial charge < -0.3 is 23.4 Å². The van der Waals surface area contributed by atoms with E-state index in [-0.39, 0.29) is 5.91 Å². The molecule has 0 unspecified atom stereocenters. The topological polar surface area (TPSA) is 59.1 Å². The molecule has 1 fully saturated rings. The summed E-state index contributed by atoms with van der Waals surface area (Å²) in [6.07, 6.45) is 5.28. The summed E-state index contributed by atoms with van der Waals surface area (Å²) < 4.78 is 17.4. The molecule has 6 nitrogen and oxygen atoms in total. The lowest BCUT2D eigenvalue weighted by atomic mass is 10.1. The zero-order valence-corrected chi connectivity index (χ0v) is 19.0. The van der Waals surface area contributed by atoms with Gasteiger partial charge >= 0.3 is 0 Å². The summed E-state index contributed by atoms with van der Waals surface area (Å²) in [7, 11) is 0. The number of hydrogen-bond donors (Lipinski definition) is 0. The third-order valence-electron chi connectivity index (χ3n) is 5.56. The Labute approximate surface area is 189 Å². The Kier molecular flexibility index (Phi) is 7.20. The summed E-state index contributed by atoms with van der Waals surface area (Å²) >= 11 is 0. The molecule has 0 radical (unpaired) electrons. The highest BCUT2D eigenvalue weighted by Crippen LogP contribution is 2.25. The summed E-state index contributed by atoms with van der Waals surface area (Å²) in [4.78, 5) is 17.4. The number of carbonyl (C=O) groups is 1. The van der Waals surface area contributed by atoms with Gasteiger partial charge in [-0.05, 0) is 67.6 Å². The normalized spacial score (nSPS) is 14.0. The molecular weight excluding hydrogens is 404 g/mol. The quantitative estimate of drug-likeness (QED) is 0.428. The van der Waals surface area contributed by atoms with Gasteiger partial charge in [0.25, 0.3) is 5.91 Å². The van der Waals surface area contributed by atoms with Crippen molar-refractivity contribution in [2.75, 3.05) is 24.6 Å². The van der Waals surface area contributed by atoms with Crippen LogP contribution in [0.1, 0.15) is 55.0 Å². The van der Waals surface area contributed by atoms with E-state index >= 15 is 0 Å². The smallest absolute Gasteiger partial charge is 0.254 e. The van der Waals surface area contributed by atoms with Crippen LogP contribution in [0.3, 0.4) is 0 Å². The average Bonchev–Trinajstić information content (AvgIpc) is 3.50. The largest absolute Gasteiger partial charge is 0.493 e. The van der Waals surface area contributed by atoms with E-state index in [1.807, 2.05) is 48.5 Å². The number of carbonyl (C=O) groups excluding carboxylic acids is 1. The summed E-state index contributed by atoms with van der Waals surface area (Å²) in [5, 5.41) is 0. The number of ether oxygens (including phenoxy) is 1. The molecule has 3 heterocycles. The number of furan rings is 2. The third kappa shape index (κ3) is 5.75. The number of piperidine rings is 1. The monoisotopic (exact) mass is 436 g/mol. The zero-order chi connectivity index (χ0) is 22.3. The van der Waals surface area contributed by atoms with Gasteiger partial charge in [0.15, 0.2) is 5.88 Å². The second-order valence-corrected chi connectivity index (χ2v) is 8.76. The molecule has 1 saturated heterocycles. The van der Waals surface area contributed by atoms with Crippen molar-refractivity contribution in [3.63, 3.8) is 0 Å². The Morgan fingerprint density at radius 3 is 2.44 bits per heavy atom. The highest BCUT2D eigenvalue weighted by atomic mass is 16.5. The molecule has 1 aromatic carbocycles. The van der Waals surface area contributed by atoms with E-state index in [0.29, 0.717) is 31.2 Å². The Morgan fingerprint density at radius 1 is 1.00 bits per heavy atom. The van der Waals surface area contributed by atoms with E-state index in [0.717, 1.165) is 36.2 Å². The molecule has 1 aliphatic rings. The fourth-order valence-electron chi connectivity index (χ4n) is 3.85. The van der Waals surface area contributed by atoms with Gasteiger partial charge in [0, 0.05) is 24.7 Å². The van der Waals surface area contributed by atoms with Crippen molar-refractivity contribution in [3.05, 3.63) is 71.9 Å². The molecule has 0 saturated carbocycles. The first kappa shape index (κ1) is 22.1. The van der Waals surface area contributed by atoms with Crippen molar-refractivity contribution in [2.45, 2.75) is 46.2 Å². The van der Waals surface area contributed by atoms with Gasteiger partial charge in [-0.1, -0.05) is 13.8 Å². The van der Waals surface area contributed by atoms with Crippen LogP contribution in [0.25, 0.3) is 0 Å². The lowest BCUT2D eigenvalue weighted by Gasteiger charge is -2.26. The lowest BCUT2D eigenvalue weighted by Crippen LogP contribution is -2.30. The van der Waals surface area contributed by atoms with Crippen LogP contribution in [0.15, 0.2) is 63.6 Å². The van der Waals surface area contributed by atoms with Crippen LogP contribution in [0.2, 0.25) is 0 Å². The van der Waals surface area contributed by atoms with Crippen LogP contribution in [-0.4, -0.2) is 30.5 Å². The zero-order valence-electron chi connectivity index (χ0n) is 19.0. The van der Waals surface area contributed by atoms with E-state index in [1.165, 1.54) is 19.3 Å². The standard InChI is InChI=1S/C26H32N2O4/c1-20(2)19-31-22-10-8-21(9-11-22)26(29)28(17-23-7-6-16-30-23)18-24-12-13-25(32-24)27-14-4-3-5-15-27/h6-13,16,20H,3-5,14-15,17-19H2,1-2H3. The fourth-order valence-corrected chi connectivity index (χ4v) is 3.85. The van der Waals surface area contributed by atoms with Crippen LogP contribution < -0.4 is 9.64 Å². The summed E-state index contributed by atoms with van der Waals surface area (Å²) in [5.74, 6) is 3.53. The van der Waals surface area contributed by atoms with Crippen molar-refractivity contribution in [1.29, 1.82) is 0 Å². The lowest BCUT2D eigenvalue weighted by molar-refractivity contribution is 0.0705. The van der Waals surface area contributed by atoms with Gasteiger partial charge in [0.1, 0.15) is 17.3 Å². The first-order valence-corrected chi connectivity index (χ1v) is 11.5. The number of amides is 1. The molecule has 0 aliphatic carbocycles. The maximum Gasteiger partial charge on any atom is 0.254 e. The Balaban J connectivity index is 1.47. The molecule has 170 valence electrons. The first-order chi connectivity index (χ1) is 15.6. The van der Waals surface area contributed by atoms with Crippen LogP contribution in [0.5, 0.6) is 5.75 Å².